The van der Waals surface area contributed by atoms with Gasteiger partial charge < -0.3 is 4.74 Å². The van der Waals surface area contributed by atoms with Crippen LogP contribution in [-0.2, 0) is 14.9 Å². The zero-order valence-electron chi connectivity index (χ0n) is 10.2. The Balaban J connectivity index is 0.000000347. The quantitative estimate of drug-likeness (QED) is 0.514. The molecule has 0 amide bonds. The fourth-order valence-corrected chi connectivity index (χ4v) is 1.84. The Labute approximate surface area is 140 Å². The summed E-state index contributed by atoms with van der Waals surface area (Å²) >= 11 is 2.28. The maximum absolute atomic E-state index is 9.16. The summed E-state index contributed by atoms with van der Waals surface area (Å²) in [5.74, 6) is 0.946. The van der Waals surface area contributed by atoms with E-state index in [2.05, 4.69) is 56.1 Å². The second-order valence-electron chi connectivity index (χ2n) is 3.58. The third-order valence-electron chi connectivity index (χ3n) is 2.07. The van der Waals surface area contributed by atoms with Crippen LogP contribution in [-0.4, -0.2) is 8.42 Å². The van der Waals surface area contributed by atoms with E-state index >= 15 is 0 Å². The Bertz CT molecular complexity index is 625. The van der Waals surface area contributed by atoms with Crippen molar-refractivity contribution < 1.29 is 13.2 Å². The fraction of sp³-hybridized carbons (Fsp3) is 0.0769. The zero-order valence-corrected chi connectivity index (χ0v) is 14.7. The van der Waals surface area contributed by atoms with Crippen LogP contribution in [0.5, 0.6) is 5.75 Å². The first-order valence-corrected chi connectivity index (χ1v) is 9.63. The minimum Gasteiger partial charge on any atom is -0.488 e. The van der Waals surface area contributed by atoms with Crippen LogP contribution in [0.3, 0.4) is 0 Å². The molecule has 0 aromatic heterocycles. The molecular weight excluding hydrogens is 434 g/mol. The van der Waals surface area contributed by atoms with Gasteiger partial charge in [-0.25, -0.2) is 0 Å². The Morgan fingerprint density at radius 3 is 2.00 bits per heavy atom. The van der Waals surface area contributed by atoms with Crippen LogP contribution in [0, 0.1) is 3.57 Å². The van der Waals surface area contributed by atoms with Crippen molar-refractivity contribution in [1.82, 2.24) is 0 Å². The van der Waals surface area contributed by atoms with Gasteiger partial charge in [0.2, 0.25) is 0 Å². The normalized spacial score (nSPS) is 10.3. The van der Waals surface area contributed by atoms with Crippen molar-refractivity contribution >= 4 is 52.2 Å². The second kappa shape index (κ2) is 8.71. The average molecular weight is 445 g/mol. The van der Waals surface area contributed by atoms with Crippen molar-refractivity contribution in [3.05, 3.63) is 63.7 Å². The Morgan fingerprint density at radius 1 is 0.950 bits per heavy atom. The van der Waals surface area contributed by atoms with Crippen LogP contribution in [0.25, 0.3) is 0 Å². The monoisotopic (exact) mass is 444 g/mol. The van der Waals surface area contributed by atoms with E-state index in [4.69, 9.17) is 13.2 Å². The molecule has 0 fully saturated rings. The van der Waals surface area contributed by atoms with E-state index in [1.54, 1.807) is 0 Å². The summed E-state index contributed by atoms with van der Waals surface area (Å²) in [5, 5.41) is 0. The highest BCUT2D eigenvalue weighted by Gasteiger charge is 1.98. The molecule has 0 radical (unpaired) electrons. The first-order valence-electron chi connectivity index (χ1n) is 5.42. The topological polar surface area (TPSA) is 43.4 Å². The molecule has 108 valence electrons. The average Bonchev–Trinajstić information content (AvgIpc) is 2.37. The molecule has 0 N–H and O–H groups in total. The summed E-state index contributed by atoms with van der Waals surface area (Å²) in [4.78, 5) is 0. The first kappa shape index (κ1) is 17.6. The molecule has 0 unspecified atom stereocenters. The Morgan fingerprint density at radius 2 is 1.45 bits per heavy atom. The summed E-state index contributed by atoms with van der Waals surface area (Å²) in [6.07, 6.45) is 0. The molecule has 0 saturated heterocycles. The molecule has 7 heteroatoms. The molecule has 0 atom stereocenters. The predicted molar refractivity (Wildman–Crippen MR) is 90.6 cm³/mol. The van der Waals surface area contributed by atoms with Crippen molar-refractivity contribution in [2.45, 2.75) is 6.61 Å². The van der Waals surface area contributed by atoms with E-state index in [0.717, 1.165) is 9.32 Å². The Kier molecular flexibility index (Phi) is 7.65. The largest absolute Gasteiger partial charge is 0.488 e. The molecule has 0 bridgehead atoms. The van der Waals surface area contributed by atoms with Crippen molar-refractivity contribution in [3.63, 3.8) is 0 Å². The van der Waals surface area contributed by atoms with Gasteiger partial charge in [0.05, 0.1) is 3.57 Å². The smallest absolute Gasteiger partial charge is 0.317 e. The number of halogens is 3. The molecule has 0 spiro atoms. The van der Waals surface area contributed by atoms with Gasteiger partial charge in [-0.05, 0) is 40.3 Å². The number of benzene rings is 2. The third-order valence-corrected chi connectivity index (χ3v) is 2.97. The highest BCUT2D eigenvalue weighted by atomic mass is 127. The standard InChI is InChI=1S/C13H11IO.Cl2O2S/c14-12-8-4-5-9-13(12)15-10-11-6-2-1-3-7-11;1-5(2,3)4/h1-9H,10H2;. The maximum Gasteiger partial charge on any atom is 0.317 e. The van der Waals surface area contributed by atoms with Crippen LogP contribution in [0.4, 0.5) is 0 Å². The fourth-order valence-electron chi connectivity index (χ4n) is 1.30. The molecule has 20 heavy (non-hydrogen) atoms. The molecule has 2 aromatic rings. The lowest BCUT2D eigenvalue weighted by atomic mass is 10.2. The van der Waals surface area contributed by atoms with Gasteiger partial charge in [-0.3, -0.25) is 0 Å². The summed E-state index contributed by atoms with van der Waals surface area (Å²) in [6.45, 7) is 0.626. The van der Waals surface area contributed by atoms with Crippen molar-refractivity contribution in [2.24, 2.45) is 0 Å². The lowest BCUT2D eigenvalue weighted by molar-refractivity contribution is 0.304. The molecule has 3 nitrogen and oxygen atoms in total. The van der Waals surface area contributed by atoms with E-state index in [1.165, 1.54) is 5.56 Å². The highest BCUT2D eigenvalue weighted by Crippen LogP contribution is 2.20. The van der Waals surface area contributed by atoms with Crippen LogP contribution < -0.4 is 4.74 Å². The minimum absolute atomic E-state index is 0.626. The van der Waals surface area contributed by atoms with Crippen LogP contribution >= 0.6 is 44.0 Å². The zero-order chi connectivity index (χ0) is 15.0. The number of hydrogen-bond donors (Lipinski definition) is 0. The lowest BCUT2D eigenvalue weighted by Crippen LogP contribution is -1.96. The van der Waals surface area contributed by atoms with Gasteiger partial charge in [0.15, 0.2) is 0 Å². The van der Waals surface area contributed by atoms with Gasteiger partial charge in [-0.2, -0.15) is 8.42 Å². The molecule has 0 aliphatic carbocycles. The molecule has 0 aliphatic heterocycles. The summed E-state index contributed by atoms with van der Waals surface area (Å²) in [5.41, 5.74) is 1.19. The van der Waals surface area contributed by atoms with Gasteiger partial charge >= 0.3 is 8.26 Å². The van der Waals surface area contributed by atoms with E-state index in [1.807, 2.05) is 42.5 Å². The van der Waals surface area contributed by atoms with Gasteiger partial charge in [0, 0.05) is 21.4 Å². The summed E-state index contributed by atoms with van der Waals surface area (Å²) < 4.78 is 25.2. The predicted octanol–water partition coefficient (Wildman–Crippen LogP) is 4.58. The molecule has 2 aromatic carbocycles. The van der Waals surface area contributed by atoms with Crippen LogP contribution in [0.15, 0.2) is 54.6 Å². The highest BCUT2D eigenvalue weighted by molar-refractivity contribution is 14.1. The van der Waals surface area contributed by atoms with Crippen molar-refractivity contribution in [2.75, 3.05) is 0 Å². The lowest BCUT2D eigenvalue weighted by Gasteiger charge is -2.07. The van der Waals surface area contributed by atoms with Gasteiger partial charge in [0.1, 0.15) is 12.4 Å². The van der Waals surface area contributed by atoms with E-state index in [9.17, 15) is 0 Å². The van der Waals surface area contributed by atoms with Gasteiger partial charge in [-0.15, -0.1) is 0 Å². The van der Waals surface area contributed by atoms with Crippen molar-refractivity contribution in [3.8, 4) is 5.75 Å². The number of para-hydroxylation sites is 1. The molecule has 2 rings (SSSR count). The van der Waals surface area contributed by atoms with Crippen LogP contribution in [0.1, 0.15) is 5.56 Å². The first-order chi connectivity index (χ1) is 9.36. The summed E-state index contributed by atoms with van der Waals surface area (Å²) in [6, 6.07) is 18.2. The second-order valence-corrected chi connectivity index (χ2v) is 8.41. The minimum atomic E-state index is -3.72. The number of ether oxygens (including phenoxy) is 1. The molecule has 0 aliphatic rings. The molecule has 0 heterocycles. The third kappa shape index (κ3) is 8.63. The van der Waals surface area contributed by atoms with Gasteiger partial charge in [-0.1, -0.05) is 42.5 Å². The molecular formula is C13H11Cl2IO3S. The van der Waals surface area contributed by atoms with E-state index in [-0.39, 0.29) is 0 Å². The summed E-state index contributed by atoms with van der Waals surface area (Å²) in [7, 11) is 4.81. The van der Waals surface area contributed by atoms with Crippen LogP contribution in [0.2, 0.25) is 0 Å². The van der Waals surface area contributed by atoms with E-state index in [0.29, 0.717) is 6.61 Å². The van der Waals surface area contributed by atoms with E-state index < -0.39 is 8.26 Å². The Hall–Kier alpha value is -0.500. The maximum atomic E-state index is 9.16. The van der Waals surface area contributed by atoms with Gasteiger partial charge in [0.25, 0.3) is 0 Å². The molecule has 0 saturated carbocycles. The van der Waals surface area contributed by atoms with Crippen molar-refractivity contribution in [1.29, 1.82) is 0 Å². The number of rotatable bonds is 3. The number of hydrogen-bond acceptors (Lipinski definition) is 3. The SMILES string of the molecule is Ic1ccccc1OCc1ccccc1.O=S(=O)(Cl)Cl.